The van der Waals surface area contributed by atoms with Gasteiger partial charge in [0.05, 0.1) is 35.1 Å². The number of amides is 1. The third-order valence-corrected chi connectivity index (χ3v) is 6.00. The van der Waals surface area contributed by atoms with Crippen molar-refractivity contribution in [1.29, 1.82) is 0 Å². The number of nitrogens with zero attached hydrogens (tertiary/aromatic N) is 5. The van der Waals surface area contributed by atoms with Crippen molar-refractivity contribution in [3.05, 3.63) is 65.4 Å². The van der Waals surface area contributed by atoms with Gasteiger partial charge in [-0.15, -0.1) is 0 Å². The Morgan fingerprint density at radius 1 is 1.09 bits per heavy atom. The minimum atomic E-state index is 0.0160. The minimum absolute atomic E-state index is 0.0160. The third-order valence-electron chi connectivity index (χ3n) is 5.75. The molecule has 0 saturated carbocycles. The van der Waals surface area contributed by atoms with E-state index in [0.717, 1.165) is 35.4 Å². The number of imidazole rings is 1. The van der Waals surface area contributed by atoms with E-state index in [1.54, 1.807) is 10.9 Å². The van der Waals surface area contributed by atoms with Gasteiger partial charge in [0.25, 0.3) is 5.91 Å². The Labute approximate surface area is 190 Å². The van der Waals surface area contributed by atoms with Crippen molar-refractivity contribution in [3.63, 3.8) is 0 Å². The summed E-state index contributed by atoms with van der Waals surface area (Å²) in [4.78, 5) is 25.0. The fraction of sp³-hybridized carbons (Fsp3) is 0.261. The van der Waals surface area contributed by atoms with E-state index in [1.807, 2.05) is 53.6 Å². The van der Waals surface area contributed by atoms with Crippen LogP contribution in [0.5, 0.6) is 0 Å². The second-order valence-corrected chi connectivity index (χ2v) is 8.26. The van der Waals surface area contributed by atoms with Gasteiger partial charge in [0.15, 0.2) is 0 Å². The number of H-pyrrole nitrogens is 1. The van der Waals surface area contributed by atoms with Gasteiger partial charge < -0.3 is 15.0 Å². The normalized spacial score (nSPS) is 14.9. The summed E-state index contributed by atoms with van der Waals surface area (Å²) in [6, 6.07) is 13.0. The van der Waals surface area contributed by atoms with Gasteiger partial charge >= 0.3 is 0 Å². The molecule has 1 amide bonds. The Morgan fingerprint density at radius 2 is 1.88 bits per heavy atom. The first-order valence-electron chi connectivity index (χ1n) is 10.5. The van der Waals surface area contributed by atoms with E-state index in [4.69, 9.17) is 16.7 Å². The Hall–Kier alpha value is -3.20. The molecule has 164 valence electrons. The number of aliphatic hydroxyl groups is 1. The Balaban J connectivity index is 1.34. The number of piperazine rings is 1. The number of aliphatic hydroxyl groups excluding tert-OH is 1. The second-order valence-electron chi connectivity index (χ2n) is 7.82. The van der Waals surface area contributed by atoms with E-state index in [2.05, 4.69) is 20.0 Å². The smallest absolute Gasteiger partial charge is 0.254 e. The van der Waals surface area contributed by atoms with Crippen LogP contribution in [0.2, 0.25) is 5.02 Å². The first-order valence-corrected chi connectivity index (χ1v) is 10.9. The van der Waals surface area contributed by atoms with Crippen molar-refractivity contribution in [2.45, 2.75) is 0 Å². The topological polar surface area (TPSA) is 90.3 Å². The Kier molecular flexibility index (Phi) is 5.65. The van der Waals surface area contributed by atoms with Gasteiger partial charge in [-0.25, -0.2) is 9.67 Å². The molecular formula is C23H23ClN6O2. The van der Waals surface area contributed by atoms with E-state index in [-0.39, 0.29) is 12.5 Å². The van der Waals surface area contributed by atoms with Crippen LogP contribution >= 0.6 is 11.6 Å². The maximum atomic E-state index is 13.0. The predicted octanol–water partition coefficient (Wildman–Crippen LogP) is 2.82. The molecule has 2 aromatic heterocycles. The van der Waals surface area contributed by atoms with Gasteiger partial charge in [-0.05, 0) is 42.5 Å². The molecule has 5 rings (SSSR count). The molecule has 8 nitrogen and oxygen atoms in total. The lowest BCUT2D eigenvalue weighted by Gasteiger charge is -2.34. The molecular weight excluding hydrogens is 428 g/mol. The first-order chi connectivity index (χ1) is 15.6. The molecule has 0 bridgehead atoms. The third kappa shape index (κ3) is 4.12. The van der Waals surface area contributed by atoms with Gasteiger partial charge in [-0.3, -0.25) is 9.69 Å². The maximum Gasteiger partial charge on any atom is 0.254 e. The summed E-state index contributed by atoms with van der Waals surface area (Å²) >= 11 is 5.97. The van der Waals surface area contributed by atoms with Crippen molar-refractivity contribution in [3.8, 4) is 17.1 Å². The summed E-state index contributed by atoms with van der Waals surface area (Å²) in [5.74, 6) is 0.713. The van der Waals surface area contributed by atoms with E-state index in [1.165, 1.54) is 0 Å². The minimum Gasteiger partial charge on any atom is -0.395 e. The lowest BCUT2D eigenvalue weighted by Crippen LogP contribution is -2.49. The summed E-state index contributed by atoms with van der Waals surface area (Å²) in [5.41, 5.74) is 4.00. The quantitative estimate of drug-likeness (QED) is 0.488. The SMILES string of the molecule is O=C(c1ccc2nc(-c3cnn(-c4ccc(Cl)cc4)c3)[nH]c2c1)N1CCN(CCO)CC1. The van der Waals surface area contributed by atoms with Crippen molar-refractivity contribution < 1.29 is 9.90 Å². The van der Waals surface area contributed by atoms with Crippen LogP contribution in [0.25, 0.3) is 28.1 Å². The number of β-amino-alcohol motifs (C(OH)–C–C–N with tert-alkyl or cyclic N) is 1. The largest absolute Gasteiger partial charge is 0.395 e. The molecule has 1 aliphatic heterocycles. The van der Waals surface area contributed by atoms with Crippen LogP contribution in [0.15, 0.2) is 54.9 Å². The molecule has 2 N–H and O–H groups in total. The van der Waals surface area contributed by atoms with Crippen LogP contribution in [-0.2, 0) is 0 Å². The van der Waals surface area contributed by atoms with Gasteiger partial charge in [0, 0.05) is 49.5 Å². The molecule has 32 heavy (non-hydrogen) atoms. The van der Waals surface area contributed by atoms with E-state index in [0.29, 0.717) is 36.0 Å². The summed E-state index contributed by atoms with van der Waals surface area (Å²) < 4.78 is 1.77. The monoisotopic (exact) mass is 450 g/mol. The lowest BCUT2D eigenvalue weighted by molar-refractivity contribution is 0.0615. The number of halogens is 1. The predicted molar refractivity (Wildman–Crippen MR) is 123 cm³/mol. The molecule has 0 unspecified atom stereocenters. The number of fused-ring (bicyclic) bond motifs is 1. The molecule has 0 radical (unpaired) electrons. The fourth-order valence-corrected chi connectivity index (χ4v) is 4.08. The number of hydrogen-bond donors (Lipinski definition) is 2. The summed E-state index contributed by atoms with van der Waals surface area (Å²) in [7, 11) is 0. The molecule has 2 aromatic carbocycles. The van der Waals surface area contributed by atoms with Crippen LogP contribution in [0.3, 0.4) is 0 Å². The van der Waals surface area contributed by atoms with E-state index < -0.39 is 0 Å². The average Bonchev–Trinajstić information content (AvgIpc) is 3.47. The highest BCUT2D eigenvalue weighted by molar-refractivity contribution is 6.30. The van der Waals surface area contributed by atoms with Crippen molar-refractivity contribution >= 4 is 28.5 Å². The zero-order valence-corrected chi connectivity index (χ0v) is 18.2. The molecule has 9 heteroatoms. The average molecular weight is 451 g/mol. The van der Waals surface area contributed by atoms with Crippen molar-refractivity contribution in [2.75, 3.05) is 39.3 Å². The van der Waals surface area contributed by atoms with Gasteiger partial charge in [-0.2, -0.15) is 5.10 Å². The Bertz CT molecular complexity index is 1240. The summed E-state index contributed by atoms with van der Waals surface area (Å²) in [6.45, 7) is 3.68. The number of carbonyl (C=O) groups is 1. The molecule has 1 fully saturated rings. The number of nitrogens with one attached hydrogen (secondary N) is 1. The summed E-state index contributed by atoms with van der Waals surface area (Å²) in [5, 5.41) is 14.2. The van der Waals surface area contributed by atoms with Crippen LogP contribution in [-0.4, -0.2) is 79.9 Å². The van der Waals surface area contributed by atoms with Crippen LogP contribution < -0.4 is 0 Å². The highest BCUT2D eigenvalue weighted by Crippen LogP contribution is 2.23. The number of benzene rings is 2. The zero-order valence-electron chi connectivity index (χ0n) is 17.4. The second kappa shape index (κ2) is 8.74. The molecule has 0 aliphatic carbocycles. The lowest BCUT2D eigenvalue weighted by atomic mass is 10.1. The van der Waals surface area contributed by atoms with Crippen molar-refractivity contribution in [2.24, 2.45) is 0 Å². The summed E-state index contributed by atoms with van der Waals surface area (Å²) in [6.07, 6.45) is 3.66. The van der Waals surface area contributed by atoms with Crippen molar-refractivity contribution in [1.82, 2.24) is 29.5 Å². The first kappa shape index (κ1) is 20.7. The van der Waals surface area contributed by atoms with Gasteiger partial charge in [0.1, 0.15) is 5.82 Å². The highest BCUT2D eigenvalue weighted by Gasteiger charge is 2.22. The number of aromatic nitrogens is 4. The van der Waals surface area contributed by atoms with E-state index in [9.17, 15) is 4.79 Å². The fourth-order valence-electron chi connectivity index (χ4n) is 3.96. The molecule has 4 aromatic rings. The Morgan fingerprint density at radius 3 is 2.62 bits per heavy atom. The molecule has 3 heterocycles. The number of hydrogen-bond acceptors (Lipinski definition) is 5. The zero-order chi connectivity index (χ0) is 22.1. The van der Waals surface area contributed by atoms with Gasteiger partial charge in [0.2, 0.25) is 0 Å². The standard InChI is InChI=1S/C23H23ClN6O2/c24-18-2-4-19(5-3-18)30-15-17(14-25-30)22-26-20-6-1-16(13-21(20)27-22)23(32)29-9-7-28(8-10-29)11-12-31/h1-6,13-15,31H,7-12H2,(H,26,27). The maximum absolute atomic E-state index is 13.0. The molecule has 1 saturated heterocycles. The van der Waals surface area contributed by atoms with Crippen LogP contribution in [0, 0.1) is 0 Å². The number of rotatable bonds is 5. The molecule has 0 spiro atoms. The van der Waals surface area contributed by atoms with Gasteiger partial charge in [-0.1, -0.05) is 11.6 Å². The highest BCUT2D eigenvalue weighted by atomic mass is 35.5. The number of carbonyl (C=O) groups excluding carboxylic acids is 1. The number of aromatic amines is 1. The van der Waals surface area contributed by atoms with Crippen LogP contribution in [0.1, 0.15) is 10.4 Å². The molecule has 1 aliphatic rings. The van der Waals surface area contributed by atoms with E-state index >= 15 is 0 Å². The van der Waals surface area contributed by atoms with Crippen LogP contribution in [0.4, 0.5) is 0 Å². The molecule has 0 atom stereocenters.